The third kappa shape index (κ3) is 5.25. The summed E-state index contributed by atoms with van der Waals surface area (Å²) in [5, 5.41) is 2.34. The summed E-state index contributed by atoms with van der Waals surface area (Å²) in [6.45, 7) is 0.287. The molecule has 1 saturated heterocycles. The van der Waals surface area contributed by atoms with Crippen molar-refractivity contribution in [3.8, 4) is 0 Å². The molecule has 0 bridgehead atoms. The monoisotopic (exact) mass is 369 g/mol. The lowest BCUT2D eigenvalue weighted by molar-refractivity contribution is -0.143. The van der Waals surface area contributed by atoms with Gasteiger partial charge in [0, 0.05) is 25.7 Å². The van der Waals surface area contributed by atoms with Crippen LogP contribution < -0.4 is 11.1 Å². The van der Waals surface area contributed by atoms with E-state index in [1.165, 1.54) is 4.90 Å². The molecular formula is C15H17F6N3O. The van der Waals surface area contributed by atoms with Crippen LogP contribution in [0, 0.1) is 0 Å². The predicted octanol–water partition coefficient (Wildman–Crippen LogP) is 3.36. The second-order valence-corrected chi connectivity index (χ2v) is 5.92. The molecule has 0 spiro atoms. The maximum atomic E-state index is 12.8. The molecule has 1 aliphatic heterocycles. The van der Waals surface area contributed by atoms with E-state index < -0.39 is 36.1 Å². The minimum Gasteiger partial charge on any atom is -0.334 e. The number of nitrogens with one attached hydrogen (secondary N) is 1. The fourth-order valence-electron chi connectivity index (χ4n) is 2.61. The minimum absolute atomic E-state index is 0.0506. The molecule has 25 heavy (non-hydrogen) atoms. The van der Waals surface area contributed by atoms with Crippen LogP contribution in [0.1, 0.15) is 29.5 Å². The first-order valence-corrected chi connectivity index (χ1v) is 7.53. The van der Waals surface area contributed by atoms with Crippen molar-refractivity contribution in [3.05, 3.63) is 34.9 Å². The van der Waals surface area contributed by atoms with Crippen LogP contribution in [0.15, 0.2) is 18.2 Å². The molecule has 0 aromatic heterocycles. The van der Waals surface area contributed by atoms with Crippen LogP contribution in [-0.4, -0.2) is 30.1 Å². The van der Waals surface area contributed by atoms with Crippen molar-refractivity contribution in [1.82, 2.24) is 10.2 Å². The van der Waals surface area contributed by atoms with E-state index in [4.69, 9.17) is 5.73 Å². The smallest absolute Gasteiger partial charge is 0.334 e. The molecule has 1 heterocycles. The molecule has 0 saturated carbocycles. The van der Waals surface area contributed by atoms with E-state index in [0.29, 0.717) is 31.6 Å². The third-order valence-electron chi connectivity index (χ3n) is 3.84. The number of carbonyl (C=O) groups is 1. The topological polar surface area (TPSA) is 58.4 Å². The molecule has 1 aromatic rings. The van der Waals surface area contributed by atoms with Gasteiger partial charge in [0.15, 0.2) is 0 Å². The number of halogens is 6. The zero-order valence-electron chi connectivity index (χ0n) is 13.0. The molecule has 4 nitrogen and oxygen atoms in total. The summed E-state index contributed by atoms with van der Waals surface area (Å²) < 4.78 is 76.8. The van der Waals surface area contributed by atoms with Gasteiger partial charge in [-0.15, -0.1) is 0 Å². The molecule has 2 rings (SSSR count). The van der Waals surface area contributed by atoms with Crippen LogP contribution in [0.2, 0.25) is 0 Å². The molecule has 140 valence electrons. The van der Waals surface area contributed by atoms with Crippen LogP contribution in [0.4, 0.5) is 31.1 Å². The number of nitrogens with two attached hydrogens (primary N) is 1. The Bertz CT molecular complexity index is 596. The van der Waals surface area contributed by atoms with Crippen LogP contribution in [0.25, 0.3) is 0 Å². The predicted molar refractivity (Wildman–Crippen MR) is 77.5 cm³/mol. The lowest BCUT2D eigenvalue weighted by Gasteiger charge is -2.30. The first-order chi connectivity index (χ1) is 11.5. The first-order valence-electron chi connectivity index (χ1n) is 7.53. The Morgan fingerprint density at radius 2 is 1.68 bits per heavy atom. The average molecular weight is 369 g/mol. The molecule has 0 aliphatic carbocycles. The summed E-state index contributed by atoms with van der Waals surface area (Å²) in [5.74, 6) is 0. The van der Waals surface area contributed by atoms with Gasteiger partial charge in [0.2, 0.25) is 0 Å². The minimum atomic E-state index is -4.92. The zero-order chi connectivity index (χ0) is 18.8. The Labute approximate surface area is 140 Å². The van der Waals surface area contributed by atoms with Crippen molar-refractivity contribution in [3.63, 3.8) is 0 Å². The highest BCUT2D eigenvalue weighted by Gasteiger charge is 2.36. The molecule has 1 aromatic carbocycles. The zero-order valence-corrected chi connectivity index (χ0v) is 13.0. The number of amides is 2. The Morgan fingerprint density at radius 3 is 2.16 bits per heavy atom. The van der Waals surface area contributed by atoms with Gasteiger partial charge in [-0.05, 0) is 36.6 Å². The normalized spacial score (nSPS) is 19.0. The molecule has 1 atom stereocenters. The molecule has 3 N–H and O–H groups in total. The van der Waals surface area contributed by atoms with Crippen molar-refractivity contribution < 1.29 is 31.1 Å². The number of piperidine rings is 1. The van der Waals surface area contributed by atoms with E-state index in [1.54, 1.807) is 0 Å². The van der Waals surface area contributed by atoms with Gasteiger partial charge in [-0.25, -0.2) is 4.79 Å². The van der Waals surface area contributed by atoms with Crippen LogP contribution in [-0.2, 0) is 18.9 Å². The van der Waals surface area contributed by atoms with Crippen molar-refractivity contribution in [1.29, 1.82) is 0 Å². The quantitative estimate of drug-likeness (QED) is 0.786. The maximum absolute atomic E-state index is 12.8. The summed E-state index contributed by atoms with van der Waals surface area (Å²) >= 11 is 0. The van der Waals surface area contributed by atoms with Gasteiger partial charge in [0.05, 0.1) is 11.1 Å². The Hall–Kier alpha value is -1.97. The van der Waals surface area contributed by atoms with Gasteiger partial charge in [-0.2, -0.15) is 26.3 Å². The van der Waals surface area contributed by atoms with Crippen molar-refractivity contribution in [2.24, 2.45) is 5.73 Å². The van der Waals surface area contributed by atoms with Crippen LogP contribution in [0.3, 0.4) is 0 Å². The van der Waals surface area contributed by atoms with Crippen LogP contribution >= 0.6 is 0 Å². The third-order valence-corrected chi connectivity index (χ3v) is 3.84. The Balaban J connectivity index is 2.14. The Morgan fingerprint density at radius 1 is 1.12 bits per heavy atom. The molecular weight excluding hydrogens is 352 g/mol. The van der Waals surface area contributed by atoms with Crippen LogP contribution in [0.5, 0.6) is 0 Å². The molecule has 10 heteroatoms. The molecule has 0 radical (unpaired) electrons. The number of rotatable bonds is 2. The highest BCUT2D eigenvalue weighted by atomic mass is 19.4. The van der Waals surface area contributed by atoms with Gasteiger partial charge in [-0.1, -0.05) is 0 Å². The van der Waals surface area contributed by atoms with E-state index in [-0.39, 0.29) is 17.7 Å². The highest BCUT2D eigenvalue weighted by Crippen LogP contribution is 2.36. The standard InChI is InChI=1S/C15H17F6N3O/c16-14(17,18)10-4-9(5-11(6-10)15(19,20)21)7-23-13(25)24-3-1-2-12(22)8-24/h4-6,12H,1-3,7-8,22H2,(H,23,25)/t12-/m1/s1. The van der Waals surface area contributed by atoms with E-state index >= 15 is 0 Å². The van der Waals surface area contributed by atoms with Gasteiger partial charge >= 0.3 is 18.4 Å². The molecule has 2 amide bonds. The Kier molecular flexibility index (Phi) is 5.50. The second-order valence-electron chi connectivity index (χ2n) is 5.92. The SMILES string of the molecule is N[C@@H]1CCCN(C(=O)NCc2cc(C(F)(F)F)cc(C(F)(F)F)c2)C1. The summed E-state index contributed by atoms with van der Waals surface area (Å²) in [4.78, 5) is 13.4. The van der Waals surface area contributed by atoms with E-state index in [0.717, 1.165) is 6.42 Å². The summed E-state index contributed by atoms with van der Waals surface area (Å²) in [5.41, 5.74) is 2.63. The second kappa shape index (κ2) is 7.11. The summed E-state index contributed by atoms with van der Waals surface area (Å²) in [6, 6.07) is 0.482. The van der Waals surface area contributed by atoms with Crippen molar-refractivity contribution in [2.45, 2.75) is 37.8 Å². The largest absolute Gasteiger partial charge is 0.416 e. The summed E-state index contributed by atoms with van der Waals surface area (Å²) in [6.07, 6.45) is -8.39. The number of carbonyl (C=O) groups excluding carboxylic acids is 1. The van der Waals surface area contributed by atoms with Crippen molar-refractivity contribution >= 4 is 6.03 Å². The van der Waals surface area contributed by atoms with E-state index in [1.807, 2.05) is 0 Å². The number of benzene rings is 1. The van der Waals surface area contributed by atoms with Gasteiger partial charge in [0.1, 0.15) is 0 Å². The average Bonchev–Trinajstić information content (AvgIpc) is 2.50. The number of likely N-dealkylation sites (tertiary alicyclic amines) is 1. The molecule has 1 aliphatic rings. The lowest BCUT2D eigenvalue weighted by Crippen LogP contribution is -2.49. The maximum Gasteiger partial charge on any atom is 0.416 e. The number of hydrogen-bond acceptors (Lipinski definition) is 2. The number of hydrogen-bond donors (Lipinski definition) is 2. The number of nitrogens with zero attached hydrogens (tertiary/aromatic N) is 1. The summed E-state index contributed by atoms with van der Waals surface area (Å²) in [7, 11) is 0. The molecule has 1 fully saturated rings. The van der Waals surface area contributed by atoms with Crippen molar-refractivity contribution in [2.75, 3.05) is 13.1 Å². The van der Waals surface area contributed by atoms with Gasteiger partial charge in [-0.3, -0.25) is 0 Å². The number of alkyl halides is 6. The highest BCUT2D eigenvalue weighted by molar-refractivity contribution is 5.74. The van der Waals surface area contributed by atoms with E-state index in [9.17, 15) is 31.1 Å². The fourth-order valence-corrected chi connectivity index (χ4v) is 2.61. The molecule has 0 unspecified atom stereocenters. The lowest BCUT2D eigenvalue weighted by atomic mass is 10.0. The number of urea groups is 1. The first kappa shape index (κ1) is 19.4. The van der Waals surface area contributed by atoms with E-state index in [2.05, 4.69) is 5.32 Å². The van der Waals surface area contributed by atoms with Gasteiger partial charge < -0.3 is 16.0 Å². The fraction of sp³-hybridized carbons (Fsp3) is 0.533. The van der Waals surface area contributed by atoms with Gasteiger partial charge in [0.25, 0.3) is 0 Å².